The zero-order chi connectivity index (χ0) is 16.0. The highest BCUT2D eigenvalue weighted by Gasteiger charge is 2.49. The van der Waals surface area contributed by atoms with Crippen LogP contribution in [0.25, 0.3) is 0 Å². The minimum absolute atomic E-state index is 0.197. The van der Waals surface area contributed by atoms with Gasteiger partial charge in [0.15, 0.2) is 0 Å². The molecule has 3 heterocycles. The fourth-order valence-corrected chi connectivity index (χ4v) is 3.21. The monoisotopic (exact) mass is 304 g/mol. The van der Waals surface area contributed by atoms with E-state index in [0.29, 0.717) is 5.82 Å². The lowest BCUT2D eigenvalue weighted by Gasteiger charge is -2.49. The number of nitrogens with zero attached hydrogens (tertiary/aromatic N) is 3. The molecule has 1 aromatic rings. The fraction of sp³-hybridized carbons (Fsp3) is 0.625. The van der Waals surface area contributed by atoms with E-state index in [4.69, 9.17) is 10.5 Å². The number of hydrogen-bond donors (Lipinski definition) is 1. The summed E-state index contributed by atoms with van der Waals surface area (Å²) in [4.78, 5) is 20.4. The van der Waals surface area contributed by atoms with Crippen molar-refractivity contribution in [2.24, 2.45) is 5.41 Å². The van der Waals surface area contributed by atoms with Gasteiger partial charge in [-0.2, -0.15) is 0 Å². The van der Waals surface area contributed by atoms with E-state index >= 15 is 0 Å². The maximum atomic E-state index is 12.1. The first-order chi connectivity index (χ1) is 10.3. The summed E-state index contributed by atoms with van der Waals surface area (Å²) in [5, 5.41) is 0. The van der Waals surface area contributed by atoms with E-state index < -0.39 is 5.60 Å². The van der Waals surface area contributed by atoms with E-state index in [9.17, 15) is 4.79 Å². The quantitative estimate of drug-likeness (QED) is 0.860. The Labute approximate surface area is 131 Å². The molecule has 0 bridgehead atoms. The van der Waals surface area contributed by atoms with E-state index in [2.05, 4.69) is 9.88 Å². The number of hydrogen-bond acceptors (Lipinski definition) is 5. The van der Waals surface area contributed by atoms with Gasteiger partial charge in [-0.25, -0.2) is 9.78 Å². The second-order valence-corrected chi connectivity index (χ2v) is 7.45. The normalized spacial score (nSPS) is 20.1. The number of anilines is 2. The van der Waals surface area contributed by atoms with Crippen molar-refractivity contribution < 1.29 is 9.53 Å². The number of rotatable bonds is 1. The van der Waals surface area contributed by atoms with Crippen LogP contribution in [-0.4, -0.2) is 47.8 Å². The highest BCUT2D eigenvalue weighted by atomic mass is 16.6. The predicted molar refractivity (Wildman–Crippen MR) is 85.7 cm³/mol. The number of amides is 1. The van der Waals surface area contributed by atoms with Crippen LogP contribution in [0.15, 0.2) is 18.3 Å². The maximum absolute atomic E-state index is 12.1. The Morgan fingerprint density at radius 3 is 2.64 bits per heavy atom. The largest absolute Gasteiger partial charge is 0.444 e. The first kappa shape index (κ1) is 14.9. The van der Waals surface area contributed by atoms with Crippen molar-refractivity contribution in [3.63, 3.8) is 0 Å². The van der Waals surface area contributed by atoms with Crippen molar-refractivity contribution in [2.45, 2.75) is 32.8 Å². The molecular formula is C16H24N4O2. The van der Waals surface area contributed by atoms with Gasteiger partial charge in [0, 0.05) is 31.6 Å². The van der Waals surface area contributed by atoms with Gasteiger partial charge < -0.3 is 20.3 Å². The molecule has 1 spiro atoms. The SMILES string of the molecule is CC(C)(C)OC(=O)N1CCC2(C1)CN(c1ccc(N)nc1)C2. The highest BCUT2D eigenvalue weighted by molar-refractivity contribution is 5.69. The number of likely N-dealkylation sites (tertiary alicyclic amines) is 1. The molecule has 6 heteroatoms. The number of carbonyl (C=O) groups is 1. The Morgan fingerprint density at radius 1 is 1.32 bits per heavy atom. The van der Waals surface area contributed by atoms with Gasteiger partial charge in [0.1, 0.15) is 11.4 Å². The zero-order valence-electron chi connectivity index (χ0n) is 13.5. The summed E-state index contributed by atoms with van der Waals surface area (Å²) < 4.78 is 5.46. The molecule has 22 heavy (non-hydrogen) atoms. The Bertz CT molecular complexity index is 559. The third kappa shape index (κ3) is 2.96. The molecule has 0 aromatic carbocycles. The molecule has 1 amide bonds. The molecule has 0 radical (unpaired) electrons. The number of carbonyl (C=O) groups excluding carboxylic acids is 1. The number of pyridine rings is 1. The summed E-state index contributed by atoms with van der Waals surface area (Å²) in [5.41, 5.74) is 6.48. The summed E-state index contributed by atoms with van der Waals surface area (Å²) >= 11 is 0. The van der Waals surface area contributed by atoms with Gasteiger partial charge in [-0.1, -0.05) is 0 Å². The van der Waals surface area contributed by atoms with E-state index in [1.807, 2.05) is 44.0 Å². The Morgan fingerprint density at radius 2 is 2.05 bits per heavy atom. The smallest absolute Gasteiger partial charge is 0.410 e. The van der Waals surface area contributed by atoms with Crippen molar-refractivity contribution in [3.05, 3.63) is 18.3 Å². The van der Waals surface area contributed by atoms with Crippen LogP contribution in [0.3, 0.4) is 0 Å². The van der Waals surface area contributed by atoms with Crippen LogP contribution in [-0.2, 0) is 4.74 Å². The van der Waals surface area contributed by atoms with Crippen molar-refractivity contribution in [3.8, 4) is 0 Å². The number of aromatic nitrogens is 1. The van der Waals surface area contributed by atoms with Gasteiger partial charge in [-0.15, -0.1) is 0 Å². The topological polar surface area (TPSA) is 71.7 Å². The van der Waals surface area contributed by atoms with Crippen molar-refractivity contribution in [2.75, 3.05) is 36.8 Å². The van der Waals surface area contributed by atoms with Crippen molar-refractivity contribution in [1.82, 2.24) is 9.88 Å². The predicted octanol–water partition coefficient (Wildman–Crippen LogP) is 2.11. The minimum atomic E-state index is -0.436. The first-order valence-electron chi connectivity index (χ1n) is 7.71. The van der Waals surface area contributed by atoms with Crippen LogP contribution >= 0.6 is 0 Å². The third-order valence-electron chi connectivity index (χ3n) is 4.28. The average Bonchev–Trinajstić information content (AvgIpc) is 2.81. The lowest BCUT2D eigenvalue weighted by Crippen LogP contribution is -2.58. The molecule has 120 valence electrons. The molecule has 1 aromatic heterocycles. The molecule has 0 aliphatic carbocycles. The first-order valence-corrected chi connectivity index (χ1v) is 7.71. The summed E-state index contributed by atoms with van der Waals surface area (Å²) in [6.07, 6.45) is 2.64. The van der Waals surface area contributed by atoms with Crippen molar-refractivity contribution >= 4 is 17.6 Å². The molecule has 2 saturated heterocycles. The van der Waals surface area contributed by atoms with Crippen LogP contribution in [0.2, 0.25) is 0 Å². The fourth-order valence-electron chi connectivity index (χ4n) is 3.21. The molecule has 0 atom stereocenters. The number of ether oxygens (including phenoxy) is 1. The molecular weight excluding hydrogens is 280 g/mol. The number of nitrogen functional groups attached to an aromatic ring is 1. The van der Waals surface area contributed by atoms with Crippen LogP contribution < -0.4 is 10.6 Å². The second-order valence-electron chi connectivity index (χ2n) is 7.45. The molecule has 0 unspecified atom stereocenters. The lowest BCUT2D eigenvalue weighted by molar-refractivity contribution is 0.0265. The Balaban J connectivity index is 1.56. The standard InChI is InChI=1S/C16H24N4O2/c1-15(2,3)22-14(21)19-7-6-16(9-19)10-20(11-16)12-4-5-13(17)18-8-12/h4-5,8H,6-7,9-11H2,1-3H3,(H2,17,18). The Kier molecular flexibility index (Phi) is 3.42. The van der Waals surface area contributed by atoms with Gasteiger partial charge >= 0.3 is 6.09 Å². The average molecular weight is 304 g/mol. The van der Waals surface area contributed by atoms with Crippen LogP contribution in [0.5, 0.6) is 0 Å². The second kappa shape index (κ2) is 5.04. The van der Waals surface area contributed by atoms with Crippen LogP contribution in [0, 0.1) is 5.41 Å². The van der Waals surface area contributed by atoms with Gasteiger partial charge in [-0.3, -0.25) is 0 Å². The summed E-state index contributed by atoms with van der Waals surface area (Å²) in [7, 11) is 0. The molecule has 3 rings (SSSR count). The molecule has 2 fully saturated rings. The Hall–Kier alpha value is -1.98. The van der Waals surface area contributed by atoms with E-state index in [1.54, 1.807) is 0 Å². The van der Waals surface area contributed by atoms with Gasteiger partial charge in [0.05, 0.1) is 11.9 Å². The summed E-state index contributed by atoms with van der Waals surface area (Å²) in [5.74, 6) is 0.538. The maximum Gasteiger partial charge on any atom is 0.410 e. The number of nitrogens with two attached hydrogens (primary N) is 1. The molecule has 6 nitrogen and oxygen atoms in total. The zero-order valence-corrected chi connectivity index (χ0v) is 13.5. The third-order valence-corrected chi connectivity index (χ3v) is 4.28. The van der Waals surface area contributed by atoms with Crippen LogP contribution in [0.4, 0.5) is 16.3 Å². The van der Waals surface area contributed by atoms with E-state index in [1.165, 1.54) is 0 Å². The van der Waals surface area contributed by atoms with E-state index in [-0.39, 0.29) is 11.5 Å². The minimum Gasteiger partial charge on any atom is -0.444 e. The van der Waals surface area contributed by atoms with E-state index in [0.717, 1.165) is 38.3 Å². The summed E-state index contributed by atoms with van der Waals surface area (Å²) in [6.45, 7) is 9.17. The van der Waals surface area contributed by atoms with Gasteiger partial charge in [0.2, 0.25) is 0 Å². The summed E-state index contributed by atoms with van der Waals surface area (Å²) in [6, 6.07) is 3.82. The highest BCUT2D eigenvalue weighted by Crippen LogP contribution is 2.42. The van der Waals surface area contributed by atoms with Crippen molar-refractivity contribution in [1.29, 1.82) is 0 Å². The molecule has 2 N–H and O–H groups in total. The lowest BCUT2D eigenvalue weighted by atomic mass is 9.79. The molecule has 0 saturated carbocycles. The molecule has 2 aliphatic heterocycles. The molecule has 2 aliphatic rings. The van der Waals surface area contributed by atoms with Gasteiger partial charge in [0.25, 0.3) is 0 Å². The van der Waals surface area contributed by atoms with Crippen LogP contribution in [0.1, 0.15) is 27.2 Å². The van der Waals surface area contributed by atoms with Gasteiger partial charge in [-0.05, 0) is 39.3 Å².